The molecular formula is C18H14O4. The number of Topliss-reactive ketones (excluding diaryl/α,β-unsaturated/α-hetero) is 1. The summed E-state index contributed by atoms with van der Waals surface area (Å²) in [6.07, 6.45) is 0.146. The summed E-state index contributed by atoms with van der Waals surface area (Å²) >= 11 is 0. The van der Waals surface area contributed by atoms with E-state index in [2.05, 4.69) is 0 Å². The fraction of sp³-hybridized carbons (Fsp3) is 0.111. The lowest BCUT2D eigenvalue weighted by Crippen LogP contribution is -2.15. The molecule has 0 saturated heterocycles. The van der Waals surface area contributed by atoms with Gasteiger partial charge in [-0.15, -0.1) is 0 Å². The molecule has 4 nitrogen and oxygen atoms in total. The zero-order valence-corrected chi connectivity index (χ0v) is 12.0. The van der Waals surface area contributed by atoms with E-state index in [0.717, 1.165) is 16.7 Å². The molecule has 22 heavy (non-hydrogen) atoms. The van der Waals surface area contributed by atoms with E-state index in [1.807, 2.05) is 12.1 Å². The standard InChI is InChI=1S/C18H14O4/c1-21-14-8-6-12(7-9-14)10-16(19)15-11-13-4-2-3-5-17(13)22-18(15)20/h2-9,11H,10H2,1H3. The van der Waals surface area contributed by atoms with Crippen molar-refractivity contribution in [2.75, 3.05) is 7.11 Å². The quantitative estimate of drug-likeness (QED) is 0.547. The lowest BCUT2D eigenvalue weighted by atomic mass is 10.0. The van der Waals surface area contributed by atoms with Gasteiger partial charge in [0.1, 0.15) is 16.9 Å². The molecule has 0 radical (unpaired) electrons. The van der Waals surface area contributed by atoms with E-state index in [4.69, 9.17) is 9.15 Å². The van der Waals surface area contributed by atoms with E-state index in [1.54, 1.807) is 49.6 Å². The van der Waals surface area contributed by atoms with Gasteiger partial charge in [-0.05, 0) is 29.8 Å². The first-order chi connectivity index (χ1) is 10.7. The van der Waals surface area contributed by atoms with Gasteiger partial charge in [-0.2, -0.15) is 0 Å². The Morgan fingerprint density at radius 1 is 1.09 bits per heavy atom. The van der Waals surface area contributed by atoms with Crippen molar-refractivity contribution in [2.45, 2.75) is 6.42 Å². The first-order valence-corrected chi connectivity index (χ1v) is 6.86. The Balaban J connectivity index is 1.91. The first kappa shape index (κ1) is 14.1. The van der Waals surface area contributed by atoms with Crippen molar-refractivity contribution in [3.63, 3.8) is 0 Å². The minimum atomic E-state index is -0.600. The molecule has 1 aromatic heterocycles. The Bertz CT molecular complexity index is 875. The van der Waals surface area contributed by atoms with Gasteiger partial charge in [0.15, 0.2) is 5.78 Å². The number of ketones is 1. The molecule has 0 bridgehead atoms. The summed E-state index contributed by atoms with van der Waals surface area (Å²) < 4.78 is 10.3. The van der Waals surface area contributed by atoms with Crippen LogP contribution in [0.15, 0.2) is 63.8 Å². The van der Waals surface area contributed by atoms with Crippen molar-refractivity contribution in [2.24, 2.45) is 0 Å². The number of hydrogen-bond acceptors (Lipinski definition) is 4. The van der Waals surface area contributed by atoms with Crippen molar-refractivity contribution < 1.29 is 13.9 Å². The van der Waals surface area contributed by atoms with Crippen LogP contribution in [0.3, 0.4) is 0 Å². The van der Waals surface area contributed by atoms with Gasteiger partial charge in [0.2, 0.25) is 0 Å². The SMILES string of the molecule is COc1ccc(CC(=O)c2cc3ccccc3oc2=O)cc1. The van der Waals surface area contributed by atoms with E-state index in [1.165, 1.54) is 0 Å². The third-order valence-electron chi connectivity index (χ3n) is 3.47. The maximum absolute atomic E-state index is 12.3. The fourth-order valence-corrected chi connectivity index (χ4v) is 2.28. The van der Waals surface area contributed by atoms with Crippen LogP contribution in [-0.2, 0) is 6.42 Å². The first-order valence-electron chi connectivity index (χ1n) is 6.86. The third kappa shape index (κ3) is 2.76. The van der Waals surface area contributed by atoms with Crippen LogP contribution in [0.4, 0.5) is 0 Å². The molecule has 3 aromatic rings. The second kappa shape index (κ2) is 5.85. The topological polar surface area (TPSA) is 56.5 Å². The maximum Gasteiger partial charge on any atom is 0.347 e. The lowest BCUT2D eigenvalue weighted by molar-refractivity contribution is 0.0989. The number of rotatable bonds is 4. The Kier molecular flexibility index (Phi) is 3.74. The predicted molar refractivity (Wildman–Crippen MR) is 83.5 cm³/mol. The summed E-state index contributed by atoms with van der Waals surface area (Å²) in [4.78, 5) is 24.3. The zero-order chi connectivity index (χ0) is 15.5. The Hall–Kier alpha value is -2.88. The molecule has 4 heteroatoms. The van der Waals surface area contributed by atoms with Crippen LogP contribution in [0.25, 0.3) is 11.0 Å². The number of ether oxygens (including phenoxy) is 1. The molecule has 0 atom stereocenters. The van der Waals surface area contributed by atoms with Crippen molar-refractivity contribution in [3.8, 4) is 5.75 Å². The van der Waals surface area contributed by atoms with E-state index in [-0.39, 0.29) is 17.8 Å². The van der Waals surface area contributed by atoms with Crippen LogP contribution in [0.5, 0.6) is 5.75 Å². The van der Waals surface area contributed by atoms with Crippen molar-refractivity contribution in [3.05, 3.63) is 76.1 Å². The minimum Gasteiger partial charge on any atom is -0.497 e. The highest BCUT2D eigenvalue weighted by Crippen LogP contribution is 2.16. The summed E-state index contributed by atoms with van der Waals surface area (Å²) in [6, 6.07) is 15.9. The van der Waals surface area contributed by atoms with Gasteiger partial charge < -0.3 is 9.15 Å². The summed E-state index contributed by atoms with van der Waals surface area (Å²) in [6.45, 7) is 0. The molecule has 0 aliphatic rings. The van der Waals surface area contributed by atoms with Gasteiger partial charge in [0, 0.05) is 11.8 Å². The maximum atomic E-state index is 12.3. The van der Waals surface area contributed by atoms with E-state index in [0.29, 0.717) is 5.58 Å². The number of carbonyl (C=O) groups is 1. The molecular weight excluding hydrogens is 280 g/mol. The predicted octanol–water partition coefficient (Wildman–Crippen LogP) is 3.23. The van der Waals surface area contributed by atoms with Crippen LogP contribution in [0, 0.1) is 0 Å². The Labute approximate surface area is 127 Å². The van der Waals surface area contributed by atoms with E-state index in [9.17, 15) is 9.59 Å². The van der Waals surface area contributed by atoms with Crippen LogP contribution in [0.2, 0.25) is 0 Å². The number of methoxy groups -OCH3 is 1. The molecule has 3 rings (SSSR count). The normalized spacial score (nSPS) is 10.6. The molecule has 0 aliphatic heterocycles. The average Bonchev–Trinajstić information content (AvgIpc) is 2.54. The molecule has 0 spiro atoms. The number of carbonyl (C=O) groups excluding carboxylic acids is 1. The number of fused-ring (bicyclic) bond motifs is 1. The third-order valence-corrected chi connectivity index (χ3v) is 3.47. The number of benzene rings is 2. The summed E-state index contributed by atoms with van der Waals surface area (Å²) in [5, 5.41) is 0.736. The van der Waals surface area contributed by atoms with Crippen LogP contribution in [0.1, 0.15) is 15.9 Å². The van der Waals surface area contributed by atoms with Gasteiger partial charge >= 0.3 is 5.63 Å². The van der Waals surface area contributed by atoms with Gasteiger partial charge in [-0.3, -0.25) is 4.79 Å². The zero-order valence-electron chi connectivity index (χ0n) is 12.0. The second-order valence-electron chi connectivity index (χ2n) is 4.93. The second-order valence-corrected chi connectivity index (χ2v) is 4.93. The number of hydrogen-bond donors (Lipinski definition) is 0. The van der Waals surface area contributed by atoms with Gasteiger partial charge in [-0.25, -0.2) is 4.79 Å². The largest absolute Gasteiger partial charge is 0.497 e. The van der Waals surface area contributed by atoms with Gasteiger partial charge in [0.05, 0.1) is 7.11 Å². The van der Waals surface area contributed by atoms with E-state index >= 15 is 0 Å². The minimum absolute atomic E-state index is 0.0783. The number of para-hydroxylation sites is 1. The van der Waals surface area contributed by atoms with E-state index < -0.39 is 5.63 Å². The van der Waals surface area contributed by atoms with Crippen LogP contribution in [-0.4, -0.2) is 12.9 Å². The van der Waals surface area contributed by atoms with Crippen molar-refractivity contribution >= 4 is 16.8 Å². The lowest BCUT2D eigenvalue weighted by Gasteiger charge is -2.04. The highest BCUT2D eigenvalue weighted by atomic mass is 16.5. The molecule has 0 saturated carbocycles. The monoisotopic (exact) mass is 294 g/mol. The molecule has 110 valence electrons. The van der Waals surface area contributed by atoms with Gasteiger partial charge in [0.25, 0.3) is 0 Å². The van der Waals surface area contributed by atoms with Gasteiger partial charge in [-0.1, -0.05) is 30.3 Å². The van der Waals surface area contributed by atoms with Crippen molar-refractivity contribution in [1.82, 2.24) is 0 Å². The van der Waals surface area contributed by atoms with Crippen LogP contribution < -0.4 is 10.4 Å². The van der Waals surface area contributed by atoms with Crippen LogP contribution >= 0.6 is 0 Å². The summed E-state index contributed by atoms with van der Waals surface area (Å²) in [7, 11) is 1.58. The fourth-order valence-electron chi connectivity index (χ4n) is 2.28. The van der Waals surface area contributed by atoms with Crippen molar-refractivity contribution in [1.29, 1.82) is 0 Å². The molecule has 0 unspecified atom stereocenters. The molecule has 2 aromatic carbocycles. The highest BCUT2D eigenvalue weighted by molar-refractivity contribution is 5.99. The Morgan fingerprint density at radius 3 is 2.55 bits per heavy atom. The smallest absolute Gasteiger partial charge is 0.347 e. The summed E-state index contributed by atoms with van der Waals surface area (Å²) in [5.41, 5.74) is 0.776. The molecule has 0 aliphatic carbocycles. The molecule has 1 heterocycles. The molecule has 0 fully saturated rings. The highest BCUT2D eigenvalue weighted by Gasteiger charge is 2.14. The average molecular weight is 294 g/mol. The summed E-state index contributed by atoms with van der Waals surface area (Å²) in [5.74, 6) is 0.464. The molecule has 0 N–H and O–H groups in total. The Morgan fingerprint density at radius 2 is 1.82 bits per heavy atom. The molecule has 0 amide bonds.